The van der Waals surface area contributed by atoms with Crippen molar-refractivity contribution in [3.8, 4) is 0 Å². The number of rotatable bonds is 5. The second-order valence-electron chi connectivity index (χ2n) is 6.40. The fourth-order valence-corrected chi connectivity index (χ4v) is 3.40. The second-order valence-corrected chi connectivity index (χ2v) is 7.46. The summed E-state index contributed by atoms with van der Waals surface area (Å²) in [4.78, 5) is 23.2. The Morgan fingerprint density at radius 1 is 1.45 bits per heavy atom. The quantitative estimate of drug-likeness (QED) is 0.683. The second kappa shape index (κ2) is 9.66. The van der Waals surface area contributed by atoms with E-state index in [1.54, 1.807) is 24.0 Å². The predicted molar refractivity (Wildman–Crippen MR) is 109 cm³/mol. The molecule has 156 valence electrons. The Labute approximate surface area is 176 Å². The molecule has 0 aliphatic carbocycles. The number of nitrogens with one attached hydrogen (secondary N) is 1. The number of alkyl halides is 2. The van der Waals surface area contributed by atoms with Crippen LogP contribution in [0.4, 0.5) is 20.3 Å². The lowest BCUT2D eigenvalue weighted by Crippen LogP contribution is -2.30. The zero-order chi connectivity index (χ0) is 21.0. The summed E-state index contributed by atoms with van der Waals surface area (Å²) in [5, 5.41) is 9.17. The van der Waals surface area contributed by atoms with E-state index in [0.717, 1.165) is 11.9 Å². The number of anilines is 2. The van der Waals surface area contributed by atoms with Gasteiger partial charge in [-0.05, 0) is 43.5 Å². The highest BCUT2D eigenvalue weighted by atomic mass is 35.5. The lowest BCUT2D eigenvalue weighted by Gasteiger charge is -2.24. The first kappa shape index (κ1) is 21.7. The first-order chi connectivity index (χ1) is 13.9. The van der Waals surface area contributed by atoms with Crippen molar-refractivity contribution in [1.82, 2.24) is 9.97 Å². The van der Waals surface area contributed by atoms with Crippen LogP contribution >= 0.6 is 23.5 Å². The number of hydrogen-bond donors (Lipinski definition) is 2. The molecule has 11 heteroatoms. The van der Waals surface area contributed by atoms with Crippen molar-refractivity contribution in [3.63, 3.8) is 0 Å². The van der Waals surface area contributed by atoms with E-state index in [9.17, 15) is 13.6 Å². The number of nitrogens with two attached hydrogens (primary N) is 1. The molecule has 1 saturated heterocycles. The van der Waals surface area contributed by atoms with Crippen LogP contribution in [0.2, 0.25) is 5.02 Å². The number of hydrogen-bond acceptors (Lipinski definition) is 7. The number of carbonyl (C=O) groups is 1. The van der Waals surface area contributed by atoms with Crippen LogP contribution in [0.15, 0.2) is 29.4 Å². The molecule has 0 radical (unpaired) electrons. The maximum absolute atomic E-state index is 13.0. The van der Waals surface area contributed by atoms with Crippen LogP contribution in [0.3, 0.4) is 0 Å². The SMILES string of the molecule is Cc1nc(N2CCOC(C(F)F)CC2)c(C(=O)Nc2ccnc(SN)c2)cc1Cl. The molecule has 0 saturated carbocycles. The number of pyridine rings is 2. The average molecular weight is 444 g/mol. The molecular formula is C18H20ClF2N5O2S. The number of aromatic nitrogens is 2. The van der Waals surface area contributed by atoms with Crippen molar-refractivity contribution in [2.75, 3.05) is 29.9 Å². The molecule has 1 aliphatic heterocycles. The third-order valence-corrected chi connectivity index (χ3v) is 5.29. The molecule has 2 aromatic heterocycles. The number of nitrogens with zero attached hydrogens (tertiary/aromatic N) is 3. The van der Waals surface area contributed by atoms with Gasteiger partial charge in [0.25, 0.3) is 12.3 Å². The maximum atomic E-state index is 13.0. The minimum absolute atomic E-state index is 0.112. The van der Waals surface area contributed by atoms with Gasteiger partial charge >= 0.3 is 0 Å². The Hall–Kier alpha value is -2.01. The molecule has 0 spiro atoms. The maximum Gasteiger partial charge on any atom is 0.264 e. The molecule has 3 rings (SSSR count). The molecule has 0 bridgehead atoms. The molecule has 1 atom stereocenters. The smallest absolute Gasteiger partial charge is 0.264 e. The minimum atomic E-state index is -2.56. The van der Waals surface area contributed by atoms with E-state index in [2.05, 4.69) is 15.3 Å². The van der Waals surface area contributed by atoms with Crippen LogP contribution in [0.25, 0.3) is 0 Å². The molecule has 3 N–H and O–H groups in total. The summed E-state index contributed by atoms with van der Waals surface area (Å²) in [6, 6.07) is 4.80. The number of carbonyl (C=O) groups excluding carboxylic acids is 1. The van der Waals surface area contributed by atoms with E-state index in [1.807, 2.05) is 0 Å². The van der Waals surface area contributed by atoms with Crippen molar-refractivity contribution in [1.29, 1.82) is 0 Å². The summed E-state index contributed by atoms with van der Waals surface area (Å²) >= 11 is 7.16. The van der Waals surface area contributed by atoms with Crippen molar-refractivity contribution >= 4 is 41.0 Å². The van der Waals surface area contributed by atoms with E-state index in [4.69, 9.17) is 21.5 Å². The predicted octanol–water partition coefficient (Wildman–Crippen LogP) is 3.52. The fourth-order valence-electron chi connectivity index (χ4n) is 2.93. The standard InChI is InChI=1S/C18H20ClF2N5O2S/c1-10-13(19)9-12(18(27)25-11-2-4-23-15(8-11)29-22)17(24-10)26-5-3-14(16(20)21)28-7-6-26/h2,4,8-9,14,16H,3,5-7,22H2,1H3,(H,23,25,27). The minimum Gasteiger partial charge on any atom is -0.370 e. The Morgan fingerprint density at radius 2 is 2.24 bits per heavy atom. The third-order valence-electron chi connectivity index (χ3n) is 4.45. The molecule has 2 aromatic rings. The highest BCUT2D eigenvalue weighted by molar-refractivity contribution is 7.97. The van der Waals surface area contributed by atoms with Crippen LogP contribution in [0, 0.1) is 6.92 Å². The van der Waals surface area contributed by atoms with Gasteiger partial charge in [-0.3, -0.25) is 9.93 Å². The summed E-state index contributed by atoms with van der Waals surface area (Å²) in [6.07, 6.45) is -2.03. The van der Waals surface area contributed by atoms with Gasteiger partial charge in [-0.2, -0.15) is 0 Å². The van der Waals surface area contributed by atoms with E-state index in [0.29, 0.717) is 33.8 Å². The number of amides is 1. The first-order valence-corrected chi connectivity index (χ1v) is 10.1. The Balaban J connectivity index is 1.88. The van der Waals surface area contributed by atoms with Crippen LogP contribution in [0.5, 0.6) is 0 Å². The highest BCUT2D eigenvalue weighted by Gasteiger charge is 2.28. The van der Waals surface area contributed by atoms with Gasteiger partial charge in [0.1, 0.15) is 16.9 Å². The van der Waals surface area contributed by atoms with Crippen LogP contribution in [-0.4, -0.2) is 48.1 Å². The van der Waals surface area contributed by atoms with E-state index in [-0.39, 0.29) is 25.1 Å². The van der Waals surface area contributed by atoms with Crippen LogP contribution < -0.4 is 15.4 Å². The van der Waals surface area contributed by atoms with Gasteiger partial charge in [0.05, 0.1) is 22.9 Å². The number of aryl methyl sites for hydroxylation is 1. The molecule has 1 fully saturated rings. The lowest BCUT2D eigenvalue weighted by atomic mass is 10.1. The lowest BCUT2D eigenvalue weighted by molar-refractivity contribution is -0.0493. The monoisotopic (exact) mass is 443 g/mol. The van der Waals surface area contributed by atoms with Gasteiger partial charge in [0, 0.05) is 25.0 Å². The summed E-state index contributed by atoms with van der Waals surface area (Å²) in [6.45, 7) is 2.45. The first-order valence-electron chi connectivity index (χ1n) is 8.85. The fraction of sp³-hybridized carbons (Fsp3) is 0.389. The van der Waals surface area contributed by atoms with Gasteiger partial charge in [-0.1, -0.05) is 11.6 Å². The highest BCUT2D eigenvalue weighted by Crippen LogP contribution is 2.27. The van der Waals surface area contributed by atoms with Gasteiger partial charge in [-0.25, -0.2) is 18.7 Å². The summed E-state index contributed by atoms with van der Waals surface area (Å²) < 4.78 is 31.2. The molecule has 1 unspecified atom stereocenters. The number of ether oxygens (including phenoxy) is 1. The molecule has 29 heavy (non-hydrogen) atoms. The normalized spacial score (nSPS) is 17.3. The molecule has 7 nitrogen and oxygen atoms in total. The Morgan fingerprint density at radius 3 is 2.97 bits per heavy atom. The largest absolute Gasteiger partial charge is 0.370 e. The van der Waals surface area contributed by atoms with Crippen molar-refractivity contribution in [2.45, 2.75) is 30.9 Å². The molecule has 1 amide bonds. The Kier molecular flexibility index (Phi) is 7.23. The van der Waals surface area contributed by atoms with Gasteiger partial charge in [-0.15, -0.1) is 0 Å². The molecule has 0 aromatic carbocycles. The topological polar surface area (TPSA) is 93.4 Å². The zero-order valence-corrected chi connectivity index (χ0v) is 17.1. The number of halogens is 3. The average Bonchev–Trinajstić information content (AvgIpc) is 2.96. The molecule has 3 heterocycles. The zero-order valence-electron chi connectivity index (χ0n) is 15.6. The van der Waals surface area contributed by atoms with E-state index < -0.39 is 18.4 Å². The Bertz CT molecular complexity index is 889. The van der Waals surface area contributed by atoms with Crippen LogP contribution in [0.1, 0.15) is 22.5 Å². The summed E-state index contributed by atoms with van der Waals surface area (Å²) in [7, 11) is 0. The molecule has 1 aliphatic rings. The van der Waals surface area contributed by atoms with Crippen LogP contribution in [-0.2, 0) is 4.74 Å². The summed E-state index contributed by atoms with van der Waals surface area (Å²) in [5.74, 6) is -0.0467. The van der Waals surface area contributed by atoms with Crippen molar-refractivity contribution in [3.05, 3.63) is 40.7 Å². The van der Waals surface area contributed by atoms with Crippen molar-refractivity contribution in [2.24, 2.45) is 5.14 Å². The van der Waals surface area contributed by atoms with E-state index in [1.165, 1.54) is 12.3 Å². The van der Waals surface area contributed by atoms with Gasteiger partial charge in [0.2, 0.25) is 0 Å². The van der Waals surface area contributed by atoms with E-state index >= 15 is 0 Å². The summed E-state index contributed by atoms with van der Waals surface area (Å²) in [5.41, 5.74) is 1.30. The van der Waals surface area contributed by atoms with Gasteiger partial charge in [0.15, 0.2) is 0 Å². The molecular weight excluding hydrogens is 424 g/mol. The van der Waals surface area contributed by atoms with Crippen molar-refractivity contribution < 1.29 is 18.3 Å². The van der Waals surface area contributed by atoms with Gasteiger partial charge < -0.3 is 15.0 Å². The third kappa shape index (κ3) is 5.33.